The van der Waals surface area contributed by atoms with E-state index in [9.17, 15) is 0 Å². The summed E-state index contributed by atoms with van der Waals surface area (Å²) in [5, 5.41) is 4.13. The van der Waals surface area contributed by atoms with Gasteiger partial charge < -0.3 is 14.8 Å². The highest BCUT2D eigenvalue weighted by atomic mass is 32.2. The molecule has 88 valence electrons. The summed E-state index contributed by atoms with van der Waals surface area (Å²) in [7, 11) is 0. The Hall–Kier alpha value is 0.230. The van der Waals surface area contributed by atoms with Crippen molar-refractivity contribution in [3.05, 3.63) is 0 Å². The van der Waals surface area contributed by atoms with Crippen LogP contribution < -0.4 is 5.32 Å². The highest BCUT2D eigenvalue weighted by molar-refractivity contribution is 8.00. The third-order valence-electron chi connectivity index (χ3n) is 3.49. The molecular weight excluding hydrogens is 210 g/mol. The zero-order valence-corrected chi connectivity index (χ0v) is 10.4. The maximum atomic E-state index is 6.09. The maximum absolute atomic E-state index is 6.09. The Morgan fingerprint density at radius 1 is 1.60 bits per heavy atom. The molecule has 2 heterocycles. The van der Waals surface area contributed by atoms with Gasteiger partial charge in [0.1, 0.15) is 0 Å². The van der Waals surface area contributed by atoms with Crippen molar-refractivity contribution in [3.8, 4) is 0 Å². The minimum absolute atomic E-state index is 0.0259. The van der Waals surface area contributed by atoms with Crippen LogP contribution in [0, 0.1) is 0 Å². The van der Waals surface area contributed by atoms with Crippen LogP contribution in [0.5, 0.6) is 0 Å². The van der Waals surface area contributed by atoms with E-state index in [2.05, 4.69) is 12.2 Å². The Morgan fingerprint density at radius 3 is 3.13 bits per heavy atom. The monoisotopic (exact) mass is 231 g/mol. The Morgan fingerprint density at radius 2 is 2.47 bits per heavy atom. The van der Waals surface area contributed by atoms with Crippen molar-refractivity contribution in [2.24, 2.45) is 0 Å². The molecule has 0 amide bonds. The molecule has 15 heavy (non-hydrogen) atoms. The summed E-state index contributed by atoms with van der Waals surface area (Å²) >= 11 is 2.02. The zero-order chi connectivity index (χ0) is 10.7. The van der Waals surface area contributed by atoms with Gasteiger partial charge in [-0.25, -0.2) is 0 Å². The van der Waals surface area contributed by atoms with Gasteiger partial charge in [0.15, 0.2) is 0 Å². The van der Waals surface area contributed by atoms with Crippen molar-refractivity contribution >= 4 is 11.8 Å². The lowest BCUT2D eigenvalue weighted by Crippen LogP contribution is -2.62. The van der Waals surface area contributed by atoms with Crippen molar-refractivity contribution in [3.63, 3.8) is 0 Å². The number of thioether (sulfide) groups is 1. The molecule has 3 nitrogen and oxygen atoms in total. The lowest BCUT2D eigenvalue weighted by molar-refractivity contribution is -0.109. The fourth-order valence-electron chi connectivity index (χ4n) is 2.57. The van der Waals surface area contributed by atoms with Crippen molar-refractivity contribution in [1.82, 2.24) is 5.32 Å². The van der Waals surface area contributed by atoms with Gasteiger partial charge in [-0.15, -0.1) is 0 Å². The van der Waals surface area contributed by atoms with Gasteiger partial charge in [0.25, 0.3) is 0 Å². The Balaban J connectivity index is 2.04. The van der Waals surface area contributed by atoms with Crippen LogP contribution >= 0.6 is 11.8 Å². The van der Waals surface area contributed by atoms with E-state index in [1.807, 2.05) is 18.7 Å². The molecule has 0 aromatic rings. The van der Waals surface area contributed by atoms with Crippen LogP contribution in [-0.4, -0.2) is 49.0 Å². The average molecular weight is 231 g/mol. The number of hydrogen-bond donors (Lipinski definition) is 1. The molecule has 0 bridgehead atoms. The molecule has 2 aliphatic rings. The molecule has 3 unspecified atom stereocenters. The third-order valence-corrected chi connectivity index (χ3v) is 4.83. The Bertz CT molecular complexity index is 215. The van der Waals surface area contributed by atoms with Gasteiger partial charge in [-0.3, -0.25) is 0 Å². The first-order valence-corrected chi connectivity index (χ1v) is 6.91. The van der Waals surface area contributed by atoms with E-state index >= 15 is 0 Å². The van der Waals surface area contributed by atoms with E-state index in [0.29, 0.717) is 11.3 Å². The topological polar surface area (TPSA) is 30.5 Å². The van der Waals surface area contributed by atoms with Crippen LogP contribution in [-0.2, 0) is 9.47 Å². The van der Waals surface area contributed by atoms with Crippen LogP contribution in [0.1, 0.15) is 20.3 Å². The highest BCUT2D eigenvalue weighted by Gasteiger charge is 2.49. The van der Waals surface area contributed by atoms with E-state index < -0.39 is 0 Å². The zero-order valence-electron chi connectivity index (χ0n) is 9.62. The van der Waals surface area contributed by atoms with Gasteiger partial charge in [-0.05, 0) is 19.1 Å². The molecular formula is C11H21NO2S. The Kier molecular flexibility index (Phi) is 3.93. The smallest absolute Gasteiger partial charge is 0.0980 e. The molecule has 2 saturated heterocycles. The third kappa shape index (κ3) is 2.18. The van der Waals surface area contributed by atoms with Gasteiger partial charge in [-0.2, -0.15) is 11.8 Å². The second-order valence-electron chi connectivity index (χ2n) is 4.23. The largest absolute Gasteiger partial charge is 0.380 e. The lowest BCUT2D eigenvalue weighted by atomic mass is 9.87. The molecule has 2 rings (SSSR count). The molecule has 0 radical (unpaired) electrons. The van der Waals surface area contributed by atoms with Crippen molar-refractivity contribution < 1.29 is 9.47 Å². The normalized spacial score (nSPS) is 41.2. The summed E-state index contributed by atoms with van der Waals surface area (Å²) in [6, 6.07) is 0.371. The van der Waals surface area contributed by atoms with Gasteiger partial charge in [0, 0.05) is 18.4 Å². The summed E-state index contributed by atoms with van der Waals surface area (Å²) in [4.78, 5) is 0. The summed E-state index contributed by atoms with van der Waals surface area (Å²) in [6.07, 6.45) is 1.16. The second kappa shape index (κ2) is 5.04. The molecule has 0 aromatic heterocycles. The minimum Gasteiger partial charge on any atom is -0.380 e. The molecule has 0 aromatic carbocycles. The van der Waals surface area contributed by atoms with Gasteiger partial charge in [0.2, 0.25) is 0 Å². The lowest BCUT2D eigenvalue weighted by Gasteiger charge is -2.44. The molecule has 2 fully saturated rings. The molecule has 4 heteroatoms. The molecule has 0 saturated carbocycles. The first-order valence-electron chi connectivity index (χ1n) is 5.86. The standard InChI is InChI=1S/C11H21NO2S/c1-3-13-8-10-11(14-6-5-12-10)4-7-15-9(11)2/h9-10,12H,3-8H2,1-2H3. The van der Waals surface area contributed by atoms with E-state index in [1.165, 1.54) is 5.75 Å². The SMILES string of the molecule is CCOCC1NCCOC12CCSC2C. The minimum atomic E-state index is 0.0259. The van der Waals surface area contributed by atoms with Crippen LogP contribution in [0.15, 0.2) is 0 Å². The van der Waals surface area contributed by atoms with Crippen molar-refractivity contribution in [1.29, 1.82) is 0 Å². The molecule has 1 spiro atoms. The number of ether oxygens (including phenoxy) is 2. The van der Waals surface area contributed by atoms with Crippen LogP contribution in [0.3, 0.4) is 0 Å². The summed E-state index contributed by atoms with van der Waals surface area (Å²) in [5.74, 6) is 1.21. The summed E-state index contributed by atoms with van der Waals surface area (Å²) in [5.41, 5.74) is 0.0259. The van der Waals surface area contributed by atoms with Gasteiger partial charge in [-0.1, -0.05) is 6.92 Å². The van der Waals surface area contributed by atoms with E-state index in [-0.39, 0.29) is 5.60 Å². The predicted molar refractivity (Wildman–Crippen MR) is 63.5 cm³/mol. The number of morpholine rings is 1. The first-order chi connectivity index (χ1) is 7.29. The van der Waals surface area contributed by atoms with Crippen molar-refractivity contribution in [2.75, 3.05) is 32.1 Å². The van der Waals surface area contributed by atoms with Gasteiger partial charge >= 0.3 is 0 Å². The average Bonchev–Trinajstić information content (AvgIpc) is 2.60. The van der Waals surface area contributed by atoms with E-state index in [0.717, 1.165) is 32.8 Å². The van der Waals surface area contributed by atoms with Crippen LogP contribution in [0.2, 0.25) is 0 Å². The quantitative estimate of drug-likeness (QED) is 0.792. The maximum Gasteiger partial charge on any atom is 0.0980 e. The van der Waals surface area contributed by atoms with Crippen molar-refractivity contribution in [2.45, 2.75) is 37.2 Å². The Labute approximate surface area is 96.3 Å². The molecule has 0 aliphatic carbocycles. The number of hydrogen-bond acceptors (Lipinski definition) is 4. The predicted octanol–water partition coefficient (Wildman–Crippen LogP) is 1.28. The summed E-state index contributed by atoms with van der Waals surface area (Å²) in [6.45, 7) is 7.69. The number of nitrogens with one attached hydrogen (secondary N) is 1. The highest BCUT2D eigenvalue weighted by Crippen LogP contribution is 2.42. The second-order valence-corrected chi connectivity index (χ2v) is 5.68. The fraction of sp³-hybridized carbons (Fsp3) is 1.00. The van der Waals surface area contributed by atoms with E-state index in [4.69, 9.17) is 9.47 Å². The van der Waals surface area contributed by atoms with Crippen LogP contribution in [0.25, 0.3) is 0 Å². The molecule has 2 aliphatic heterocycles. The fourth-order valence-corrected chi connectivity index (χ4v) is 3.99. The number of rotatable bonds is 3. The molecule has 1 N–H and O–H groups in total. The molecule has 3 atom stereocenters. The summed E-state index contributed by atoms with van der Waals surface area (Å²) < 4.78 is 11.6. The van der Waals surface area contributed by atoms with Gasteiger partial charge in [0.05, 0.1) is 24.9 Å². The first kappa shape index (κ1) is 11.7. The van der Waals surface area contributed by atoms with Crippen LogP contribution in [0.4, 0.5) is 0 Å². The van der Waals surface area contributed by atoms with E-state index in [1.54, 1.807) is 0 Å².